The summed E-state index contributed by atoms with van der Waals surface area (Å²) in [6.45, 7) is 0.112. The monoisotopic (exact) mass is 385 g/mol. The third-order valence-corrected chi connectivity index (χ3v) is 5.18. The normalized spacial score (nSPS) is 20.0. The first kappa shape index (κ1) is 18.0. The van der Waals surface area contributed by atoms with E-state index in [4.69, 9.17) is 18.9 Å². The van der Waals surface area contributed by atoms with Gasteiger partial charge in [0.15, 0.2) is 23.0 Å². The predicted molar refractivity (Wildman–Crippen MR) is 97.3 cm³/mol. The van der Waals surface area contributed by atoms with E-state index in [0.717, 1.165) is 0 Å². The number of likely N-dealkylation sites (N-methyl/N-ethyl adjacent to an activating group) is 1. The van der Waals surface area contributed by atoms with E-state index >= 15 is 0 Å². The van der Waals surface area contributed by atoms with Crippen LogP contribution in [-0.2, 0) is 4.79 Å². The molecular formula is C20H19NO7. The van der Waals surface area contributed by atoms with Crippen LogP contribution in [0.2, 0.25) is 0 Å². The maximum absolute atomic E-state index is 13.1. The van der Waals surface area contributed by atoms with Crippen LogP contribution in [0.1, 0.15) is 33.4 Å². The molecule has 0 unspecified atom stereocenters. The summed E-state index contributed by atoms with van der Waals surface area (Å²) in [4.78, 5) is 26.8. The topological polar surface area (TPSA) is 94.5 Å². The van der Waals surface area contributed by atoms with Crippen molar-refractivity contribution < 1.29 is 33.6 Å². The van der Waals surface area contributed by atoms with E-state index in [1.165, 1.54) is 25.2 Å². The first-order chi connectivity index (χ1) is 13.5. The summed E-state index contributed by atoms with van der Waals surface area (Å²) in [5, 5.41) is 10.0. The van der Waals surface area contributed by atoms with Crippen LogP contribution < -0.4 is 18.9 Å². The zero-order valence-corrected chi connectivity index (χ0v) is 15.6. The number of rotatable bonds is 4. The van der Waals surface area contributed by atoms with E-state index in [0.29, 0.717) is 34.1 Å². The molecule has 0 saturated carbocycles. The van der Waals surface area contributed by atoms with Crippen molar-refractivity contribution in [3.8, 4) is 23.0 Å². The van der Waals surface area contributed by atoms with Gasteiger partial charge in [-0.25, -0.2) is 0 Å². The fourth-order valence-electron chi connectivity index (χ4n) is 3.83. The summed E-state index contributed by atoms with van der Waals surface area (Å²) >= 11 is 0. The van der Waals surface area contributed by atoms with Crippen molar-refractivity contribution in [2.24, 2.45) is 0 Å². The van der Waals surface area contributed by atoms with Crippen LogP contribution >= 0.6 is 0 Å². The minimum Gasteiger partial charge on any atom is -0.493 e. The molecule has 2 atom stereocenters. The summed E-state index contributed by atoms with van der Waals surface area (Å²) in [6, 6.07) is 7.57. The number of ether oxygens (including phenoxy) is 4. The summed E-state index contributed by atoms with van der Waals surface area (Å²) in [5.41, 5.74) is 1.31. The van der Waals surface area contributed by atoms with Crippen molar-refractivity contribution in [1.82, 2.24) is 4.90 Å². The predicted octanol–water partition coefficient (Wildman–Crippen LogP) is 2.43. The van der Waals surface area contributed by atoms with E-state index in [1.807, 2.05) is 0 Å². The lowest BCUT2D eigenvalue weighted by molar-refractivity contribution is -0.140. The smallest absolute Gasteiger partial charge is 0.313 e. The number of hydrogen-bond donors (Lipinski definition) is 1. The third-order valence-electron chi connectivity index (χ3n) is 5.18. The lowest BCUT2D eigenvalue weighted by Gasteiger charge is -2.39. The lowest BCUT2D eigenvalue weighted by Crippen LogP contribution is -2.42. The highest BCUT2D eigenvalue weighted by Crippen LogP contribution is 2.47. The Kier molecular flexibility index (Phi) is 4.26. The van der Waals surface area contributed by atoms with Gasteiger partial charge >= 0.3 is 5.97 Å². The number of carboxylic acid groups (broad SMARTS) is 1. The zero-order valence-electron chi connectivity index (χ0n) is 15.6. The van der Waals surface area contributed by atoms with Crippen LogP contribution in [0.4, 0.5) is 0 Å². The van der Waals surface area contributed by atoms with Crippen LogP contribution in [0.25, 0.3) is 0 Å². The van der Waals surface area contributed by atoms with Gasteiger partial charge < -0.3 is 29.0 Å². The molecule has 0 radical (unpaired) electrons. The standard InChI is InChI=1S/C20H19NO7/c1-21-18(10-4-5-13-16(6-10)28-9-27-13)17(20(23)24)11-7-14(25-2)15(26-3)8-12(11)19(21)22/h4-8,17-18H,9H2,1-3H3,(H,23,24)/t17-,18-/m0/s1. The number of nitrogens with zero attached hydrogens (tertiary/aromatic N) is 1. The highest BCUT2D eigenvalue weighted by atomic mass is 16.7. The Morgan fingerprint density at radius 1 is 1.11 bits per heavy atom. The number of hydrogen-bond acceptors (Lipinski definition) is 6. The zero-order chi connectivity index (χ0) is 20.0. The van der Waals surface area contributed by atoms with E-state index in [2.05, 4.69) is 0 Å². The first-order valence-corrected chi connectivity index (χ1v) is 8.61. The molecule has 0 spiro atoms. The molecule has 8 nitrogen and oxygen atoms in total. The molecule has 2 aromatic carbocycles. The average Bonchev–Trinajstić information content (AvgIpc) is 3.16. The van der Waals surface area contributed by atoms with Gasteiger partial charge in [0, 0.05) is 12.6 Å². The van der Waals surface area contributed by atoms with Gasteiger partial charge in [-0.15, -0.1) is 0 Å². The Hall–Kier alpha value is -3.42. The van der Waals surface area contributed by atoms with Gasteiger partial charge in [0.1, 0.15) is 5.92 Å². The molecule has 28 heavy (non-hydrogen) atoms. The Morgan fingerprint density at radius 2 is 1.79 bits per heavy atom. The summed E-state index contributed by atoms with van der Waals surface area (Å²) in [5.74, 6) is -0.472. The number of carbonyl (C=O) groups excluding carboxylic acids is 1. The molecule has 0 aromatic heterocycles. The van der Waals surface area contributed by atoms with Gasteiger partial charge in [0.25, 0.3) is 5.91 Å². The Balaban J connectivity index is 1.89. The maximum atomic E-state index is 13.1. The number of aliphatic carboxylic acids is 1. The van der Waals surface area contributed by atoms with E-state index < -0.39 is 17.9 Å². The molecule has 4 rings (SSSR count). The fraction of sp³-hybridized carbons (Fsp3) is 0.300. The van der Waals surface area contributed by atoms with Crippen LogP contribution in [-0.4, -0.2) is 49.9 Å². The molecule has 0 aliphatic carbocycles. The molecule has 2 aliphatic heterocycles. The maximum Gasteiger partial charge on any atom is 0.313 e. The number of carboxylic acids is 1. The quantitative estimate of drug-likeness (QED) is 0.864. The molecule has 0 saturated heterocycles. The minimum atomic E-state index is -1.05. The lowest BCUT2D eigenvalue weighted by atomic mass is 9.79. The fourth-order valence-corrected chi connectivity index (χ4v) is 3.83. The SMILES string of the molecule is COc1cc2c(cc1OC)[C@H](C(=O)O)[C@H](c1ccc3c(c1)OCO3)N(C)C2=O. The van der Waals surface area contributed by atoms with E-state index in [9.17, 15) is 14.7 Å². The van der Waals surface area contributed by atoms with Crippen LogP contribution in [0, 0.1) is 0 Å². The largest absolute Gasteiger partial charge is 0.493 e. The molecule has 2 aromatic rings. The Bertz CT molecular complexity index is 971. The minimum absolute atomic E-state index is 0.112. The molecule has 1 amide bonds. The van der Waals surface area contributed by atoms with Gasteiger partial charge in [-0.2, -0.15) is 0 Å². The number of methoxy groups -OCH3 is 2. The third kappa shape index (κ3) is 2.60. The second kappa shape index (κ2) is 6.63. The summed E-state index contributed by atoms with van der Waals surface area (Å²) in [6.07, 6.45) is 0. The highest BCUT2D eigenvalue weighted by Gasteiger charge is 2.44. The molecule has 0 fully saturated rings. The Labute approximate surface area is 161 Å². The van der Waals surface area contributed by atoms with Gasteiger partial charge in [0.2, 0.25) is 6.79 Å². The second-order valence-electron chi connectivity index (χ2n) is 6.58. The van der Waals surface area contributed by atoms with Crippen LogP contribution in [0.3, 0.4) is 0 Å². The van der Waals surface area contributed by atoms with E-state index in [1.54, 1.807) is 31.3 Å². The molecule has 2 aliphatic rings. The van der Waals surface area contributed by atoms with Gasteiger partial charge in [-0.05, 0) is 35.4 Å². The summed E-state index contributed by atoms with van der Waals surface area (Å²) in [7, 11) is 4.52. The molecule has 2 heterocycles. The van der Waals surface area contributed by atoms with Crippen molar-refractivity contribution in [3.63, 3.8) is 0 Å². The Morgan fingerprint density at radius 3 is 2.46 bits per heavy atom. The number of carbonyl (C=O) groups is 2. The summed E-state index contributed by atoms with van der Waals surface area (Å²) < 4.78 is 21.3. The van der Waals surface area contributed by atoms with E-state index in [-0.39, 0.29) is 18.3 Å². The van der Waals surface area contributed by atoms with Crippen molar-refractivity contribution in [1.29, 1.82) is 0 Å². The number of fused-ring (bicyclic) bond motifs is 2. The van der Waals surface area contributed by atoms with Gasteiger partial charge in [0.05, 0.1) is 20.3 Å². The van der Waals surface area contributed by atoms with Crippen molar-refractivity contribution in [3.05, 3.63) is 47.0 Å². The molecule has 146 valence electrons. The first-order valence-electron chi connectivity index (χ1n) is 8.61. The highest BCUT2D eigenvalue weighted by molar-refractivity contribution is 6.01. The van der Waals surface area contributed by atoms with Crippen molar-refractivity contribution >= 4 is 11.9 Å². The molecular weight excluding hydrogens is 366 g/mol. The van der Waals surface area contributed by atoms with Crippen molar-refractivity contribution in [2.75, 3.05) is 28.1 Å². The molecule has 0 bridgehead atoms. The van der Waals surface area contributed by atoms with Crippen molar-refractivity contribution in [2.45, 2.75) is 12.0 Å². The molecule has 8 heteroatoms. The van der Waals surface area contributed by atoms with Gasteiger partial charge in [-0.3, -0.25) is 9.59 Å². The number of amides is 1. The second-order valence-corrected chi connectivity index (χ2v) is 6.58. The molecule has 1 N–H and O–H groups in total. The average molecular weight is 385 g/mol. The van der Waals surface area contributed by atoms with Crippen LogP contribution in [0.5, 0.6) is 23.0 Å². The van der Waals surface area contributed by atoms with Crippen LogP contribution in [0.15, 0.2) is 30.3 Å². The number of benzene rings is 2. The van der Waals surface area contributed by atoms with Gasteiger partial charge in [-0.1, -0.05) is 6.07 Å².